The number of aromatic nitrogens is 1. The van der Waals surface area contributed by atoms with Crippen LogP contribution in [0.2, 0.25) is 0 Å². The van der Waals surface area contributed by atoms with E-state index in [-0.39, 0.29) is 12.2 Å². The molecule has 1 aliphatic carbocycles. The molecule has 1 aromatic carbocycles. The highest BCUT2D eigenvalue weighted by Crippen LogP contribution is 2.26. The second-order valence-electron chi connectivity index (χ2n) is 4.95. The lowest BCUT2D eigenvalue weighted by molar-refractivity contribution is 0.150. The van der Waals surface area contributed by atoms with Crippen LogP contribution in [0.5, 0.6) is 5.75 Å². The van der Waals surface area contributed by atoms with Gasteiger partial charge in [-0.1, -0.05) is 6.07 Å². The number of benzene rings is 1. The predicted octanol–water partition coefficient (Wildman–Crippen LogP) is 3.04. The lowest BCUT2D eigenvalue weighted by atomic mass is 10.1. The highest BCUT2D eigenvalue weighted by molar-refractivity contribution is 5.59. The van der Waals surface area contributed by atoms with Crippen molar-refractivity contribution in [3.63, 3.8) is 0 Å². The summed E-state index contributed by atoms with van der Waals surface area (Å²) in [4.78, 5) is 4.32. The Morgan fingerprint density at radius 2 is 1.89 bits per heavy atom. The predicted molar refractivity (Wildman–Crippen MR) is 73.9 cm³/mol. The van der Waals surface area contributed by atoms with Gasteiger partial charge in [0.15, 0.2) is 0 Å². The Labute approximate surface area is 112 Å². The van der Waals surface area contributed by atoms with Crippen LogP contribution in [0.15, 0.2) is 48.7 Å². The molecule has 0 amide bonds. The molecule has 98 valence electrons. The van der Waals surface area contributed by atoms with E-state index in [0.29, 0.717) is 0 Å². The lowest BCUT2D eigenvalue weighted by Gasteiger charge is -2.13. The fourth-order valence-electron chi connectivity index (χ4n) is 2.45. The van der Waals surface area contributed by atoms with Gasteiger partial charge in [-0.15, -0.1) is 0 Å². The van der Waals surface area contributed by atoms with Gasteiger partial charge in [0.2, 0.25) is 0 Å². The number of aliphatic hydroxyl groups excluding tert-OH is 1. The number of hydrogen-bond donors (Lipinski definition) is 1. The summed E-state index contributed by atoms with van der Waals surface area (Å²) in [5, 5.41) is 9.48. The number of hydrogen-bond acceptors (Lipinski definition) is 3. The van der Waals surface area contributed by atoms with Crippen molar-refractivity contribution in [3.05, 3.63) is 48.7 Å². The molecule has 0 saturated heterocycles. The maximum atomic E-state index is 9.48. The number of ether oxygens (including phenoxy) is 1. The highest BCUT2D eigenvalue weighted by Gasteiger charge is 2.24. The summed E-state index contributed by atoms with van der Waals surface area (Å²) in [5.41, 5.74) is 2.05. The number of aliphatic hydroxyl groups is 1. The summed E-state index contributed by atoms with van der Waals surface area (Å²) in [6.07, 6.45) is 4.26. The lowest BCUT2D eigenvalue weighted by Crippen LogP contribution is -2.13. The Balaban J connectivity index is 1.69. The Morgan fingerprint density at radius 3 is 2.53 bits per heavy atom. The molecule has 3 heteroatoms. The first-order valence-electron chi connectivity index (χ1n) is 6.67. The third-order valence-electron chi connectivity index (χ3n) is 3.47. The Bertz CT molecular complexity index is 524. The molecule has 1 aliphatic rings. The van der Waals surface area contributed by atoms with E-state index < -0.39 is 0 Å². The van der Waals surface area contributed by atoms with Gasteiger partial charge < -0.3 is 9.84 Å². The Kier molecular flexibility index (Phi) is 3.47. The van der Waals surface area contributed by atoms with Crippen molar-refractivity contribution in [2.75, 3.05) is 0 Å². The average Bonchev–Trinajstić information content (AvgIpc) is 2.86. The van der Waals surface area contributed by atoms with E-state index in [1.807, 2.05) is 42.5 Å². The van der Waals surface area contributed by atoms with Crippen LogP contribution in [0, 0.1) is 0 Å². The van der Waals surface area contributed by atoms with Crippen LogP contribution in [0.1, 0.15) is 19.3 Å². The molecule has 0 spiro atoms. The molecule has 1 fully saturated rings. The van der Waals surface area contributed by atoms with Gasteiger partial charge in [0, 0.05) is 18.2 Å². The molecule has 1 heterocycles. The van der Waals surface area contributed by atoms with E-state index in [9.17, 15) is 5.11 Å². The minimum atomic E-state index is -0.196. The van der Waals surface area contributed by atoms with Crippen LogP contribution in [0.3, 0.4) is 0 Å². The molecular formula is C16H17NO2. The zero-order valence-corrected chi connectivity index (χ0v) is 10.7. The van der Waals surface area contributed by atoms with Crippen molar-refractivity contribution >= 4 is 0 Å². The topological polar surface area (TPSA) is 42.4 Å². The van der Waals surface area contributed by atoms with Crippen LogP contribution >= 0.6 is 0 Å². The molecule has 1 N–H and O–H groups in total. The fourth-order valence-corrected chi connectivity index (χ4v) is 2.45. The van der Waals surface area contributed by atoms with Crippen molar-refractivity contribution < 1.29 is 9.84 Å². The maximum absolute atomic E-state index is 9.48. The van der Waals surface area contributed by atoms with E-state index >= 15 is 0 Å². The van der Waals surface area contributed by atoms with Gasteiger partial charge in [-0.05, 0) is 49.2 Å². The molecule has 0 radical (unpaired) electrons. The van der Waals surface area contributed by atoms with Crippen molar-refractivity contribution in [1.29, 1.82) is 0 Å². The molecule has 0 aliphatic heterocycles. The van der Waals surface area contributed by atoms with E-state index in [0.717, 1.165) is 36.3 Å². The minimum absolute atomic E-state index is 0.149. The van der Waals surface area contributed by atoms with E-state index in [1.165, 1.54) is 0 Å². The Morgan fingerprint density at radius 1 is 1.05 bits per heavy atom. The zero-order chi connectivity index (χ0) is 13.1. The summed E-state index contributed by atoms with van der Waals surface area (Å²) in [5.74, 6) is 0.860. The van der Waals surface area contributed by atoms with Gasteiger partial charge in [-0.3, -0.25) is 4.98 Å². The van der Waals surface area contributed by atoms with Crippen LogP contribution in [-0.4, -0.2) is 22.3 Å². The molecule has 2 aromatic rings. The summed E-state index contributed by atoms with van der Waals surface area (Å²) < 4.78 is 5.86. The minimum Gasteiger partial charge on any atom is -0.490 e. The molecule has 19 heavy (non-hydrogen) atoms. The molecular weight excluding hydrogens is 238 g/mol. The number of pyridine rings is 1. The summed E-state index contributed by atoms with van der Waals surface area (Å²) in [6.45, 7) is 0. The van der Waals surface area contributed by atoms with Crippen molar-refractivity contribution in [3.8, 4) is 17.0 Å². The second kappa shape index (κ2) is 5.41. The van der Waals surface area contributed by atoms with Gasteiger partial charge in [0.05, 0.1) is 11.8 Å². The SMILES string of the molecule is OC1CCC(Oc2ccc(-c3ccccn3)cc2)C1. The van der Waals surface area contributed by atoms with Crippen LogP contribution in [0.25, 0.3) is 11.3 Å². The van der Waals surface area contributed by atoms with E-state index in [4.69, 9.17) is 4.74 Å². The summed E-state index contributed by atoms with van der Waals surface area (Å²) in [6, 6.07) is 13.8. The Hall–Kier alpha value is -1.87. The van der Waals surface area contributed by atoms with Gasteiger partial charge in [-0.25, -0.2) is 0 Å². The largest absolute Gasteiger partial charge is 0.490 e. The first kappa shape index (κ1) is 12.2. The maximum Gasteiger partial charge on any atom is 0.119 e. The normalized spacial score (nSPS) is 22.4. The number of nitrogens with zero attached hydrogens (tertiary/aromatic N) is 1. The molecule has 1 aromatic heterocycles. The smallest absolute Gasteiger partial charge is 0.119 e. The average molecular weight is 255 g/mol. The monoisotopic (exact) mass is 255 g/mol. The summed E-state index contributed by atoms with van der Waals surface area (Å²) >= 11 is 0. The second-order valence-corrected chi connectivity index (χ2v) is 4.95. The molecule has 3 nitrogen and oxygen atoms in total. The van der Waals surface area contributed by atoms with Crippen LogP contribution in [0.4, 0.5) is 0 Å². The van der Waals surface area contributed by atoms with E-state index in [2.05, 4.69) is 4.98 Å². The van der Waals surface area contributed by atoms with Crippen molar-refractivity contribution in [2.24, 2.45) is 0 Å². The third-order valence-corrected chi connectivity index (χ3v) is 3.47. The van der Waals surface area contributed by atoms with Gasteiger partial charge in [0.1, 0.15) is 11.9 Å². The van der Waals surface area contributed by atoms with Crippen molar-refractivity contribution in [2.45, 2.75) is 31.5 Å². The fraction of sp³-hybridized carbons (Fsp3) is 0.312. The third kappa shape index (κ3) is 2.93. The quantitative estimate of drug-likeness (QED) is 0.916. The van der Waals surface area contributed by atoms with Crippen LogP contribution in [-0.2, 0) is 0 Å². The van der Waals surface area contributed by atoms with Gasteiger partial charge in [0.25, 0.3) is 0 Å². The zero-order valence-electron chi connectivity index (χ0n) is 10.7. The number of rotatable bonds is 3. The molecule has 1 saturated carbocycles. The van der Waals surface area contributed by atoms with E-state index in [1.54, 1.807) is 6.20 Å². The van der Waals surface area contributed by atoms with Crippen molar-refractivity contribution in [1.82, 2.24) is 4.98 Å². The first-order valence-corrected chi connectivity index (χ1v) is 6.67. The van der Waals surface area contributed by atoms with Crippen LogP contribution < -0.4 is 4.74 Å². The first-order chi connectivity index (χ1) is 9.31. The molecule has 0 bridgehead atoms. The summed E-state index contributed by atoms with van der Waals surface area (Å²) in [7, 11) is 0. The molecule has 2 atom stereocenters. The highest BCUT2D eigenvalue weighted by atomic mass is 16.5. The standard InChI is InChI=1S/C16H17NO2/c18-13-6-9-15(11-13)19-14-7-4-12(5-8-14)16-3-1-2-10-17-16/h1-5,7-8,10,13,15,18H,6,9,11H2. The molecule has 3 rings (SSSR count). The van der Waals surface area contributed by atoms with Gasteiger partial charge in [-0.2, -0.15) is 0 Å². The molecule has 2 unspecified atom stereocenters. The van der Waals surface area contributed by atoms with Gasteiger partial charge >= 0.3 is 0 Å².